The third-order valence-corrected chi connectivity index (χ3v) is 4.30. The number of carbonyl (C=O) groups excluding carboxylic acids is 1. The minimum atomic E-state index is -0.0663. The van der Waals surface area contributed by atoms with Gasteiger partial charge in [0.25, 0.3) is 0 Å². The van der Waals surface area contributed by atoms with E-state index in [0.29, 0.717) is 13.0 Å². The van der Waals surface area contributed by atoms with Crippen molar-refractivity contribution < 1.29 is 4.79 Å². The van der Waals surface area contributed by atoms with Crippen LogP contribution >= 0.6 is 11.3 Å². The summed E-state index contributed by atoms with van der Waals surface area (Å²) in [6.07, 6.45) is 8.30. The molecule has 0 saturated heterocycles. The van der Waals surface area contributed by atoms with Crippen LogP contribution in [0.1, 0.15) is 23.6 Å². The number of hydrogen-bond donors (Lipinski definition) is 1. The highest BCUT2D eigenvalue weighted by atomic mass is 32.1. The Labute approximate surface area is 139 Å². The number of thiophene rings is 1. The van der Waals surface area contributed by atoms with Crippen molar-refractivity contribution >= 4 is 17.2 Å². The van der Waals surface area contributed by atoms with E-state index in [4.69, 9.17) is 0 Å². The Morgan fingerprint density at radius 1 is 1.30 bits per heavy atom. The second-order valence-electron chi connectivity index (χ2n) is 5.26. The molecule has 3 heterocycles. The predicted molar refractivity (Wildman–Crippen MR) is 90.0 cm³/mol. The van der Waals surface area contributed by atoms with Crippen molar-refractivity contribution in [2.75, 3.05) is 0 Å². The highest BCUT2D eigenvalue weighted by molar-refractivity contribution is 7.07. The number of carbonyl (C=O) groups is 1. The largest absolute Gasteiger partial charge is 0.349 e. The average molecular weight is 326 g/mol. The van der Waals surface area contributed by atoms with Gasteiger partial charge in [0, 0.05) is 37.8 Å². The summed E-state index contributed by atoms with van der Waals surface area (Å²) < 4.78 is 1.76. The SMILES string of the molecule is O=C(CCn1cccn1)N[C@H](Cc1ccsc1)c1cccnc1. The molecular weight excluding hydrogens is 308 g/mol. The molecule has 0 aliphatic rings. The Morgan fingerprint density at radius 3 is 2.96 bits per heavy atom. The second-order valence-corrected chi connectivity index (χ2v) is 6.04. The minimum Gasteiger partial charge on any atom is -0.349 e. The second kappa shape index (κ2) is 7.69. The van der Waals surface area contributed by atoms with Gasteiger partial charge < -0.3 is 5.32 Å². The molecule has 3 aromatic rings. The first kappa shape index (κ1) is 15.4. The predicted octanol–water partition coefficient (Wildman–Crippen LogP) is 2.83. The van der Waals surface area contributed by atoms with Gasteiger partial charge in [0.2, 0.25) is 5.91 Å². The fourth-order valence-corrected chi connectivity index (χ4v) is 3.08. The van der Waals surface area contributed by atoms with E-state index in [-0.39, 0.29) is 11.9 Å². The van der Waals surface area contributed by atoms with Crippen molar-refractivity contribution in [3.8, 4) is 0 Å². The topological polar surface area (TPSA) is 59.8 Å². The zero-order valence-electron chi connectivity index (χ0n) is 12.6. The van der Waals surface area contributed by atoms with Gasteiger partial charge in [-0.3, -0.25) is 14.5 Å². The molecular formula is C17H18N4OS. The highest BCUT2D eigenvalue weighted by Gasteiger charge is 2.16. The Bertz CT molecular complexity index is 710. The molecule has 0 aliphatic carbocycles. The van der Waals surface area contributed by atoms with E-state index in [1.54, 1.807) is 28.4 Å². The summed E-state index contributed by atoms with van der Waals surface area (Å²) in [5, 5.41) is 11.4. The molecule has 0 saturated carbocycles. The first-order chi connectivity index (χ1) is 11.3. The molecule has 118 valence electrons. The van der Waals surface area contributed by atoms with E-state index in [1.165, 1.54) is 5.56 Å². The van der Waals surface area contributed by atoms with Gasteiger partial charge in [-0.2, -0.15) is 16.4 Å². The molecule has 3 aromatic heterocycles. The van der Waals surface area contributed by atoms with Crippen molar-refractivity contribution in [1.82, 2.24) is 20.1 Å². The number of aryl methyl sites for hydroxylation is 1. The number of nitrogens with one attached hydrogen (secondary N) is 1. The minimum absolute atomic E-state index is 0.0181. The first-order valence-electron chi connectivity index (χ1n) is 7.49. The van der Waals surface area contributed by atoms with Crippen LogP contribution in [0.2, 0.25) is 0 Å². The van der Waals surface area contributed by atoms with Gasteiger partial charge in [0.15, 0.2) is 0 Å². The molecule has 0 bridgehead atoms. The Kier molecular flexibility index (Phi) is 5.16. The molecule has 0 aromatic carbocycles. The molecule has 5 nitrogen and oxygen atoms in total. The van der Waals surface area contributed by atoms with E-state index in [2.05, 4.69) is 32.2 Å². The Morgan fingerprint density at radius 2 is 2.26 bits per heavy atom. The average Bonchev–Trinajstić information content (AvgIpc) is 3.27. The summed E-state index contributed by atoms with van der Waals surface area (Å²) in [6.45, 7) is 0.580. The summed E-state index contributed by atoms with van der Waals surface area (Å²) in [4.78, 5) is 16.4. The molecule has 1 N–H and O–H groups in total. The smallest absolute Gasteiger partial charge is 0.222 e. The van der Waals surface area contributed by atoms with Crippen molar-refractivity contribution in [3.05, 3.63) is 70.9 Å². The maximum atomic E-state index is 12.3. The van der Waals surface area contributed by atoms with E-state index < -0.39 is 0 Å². The summed E-state index contributed by atoms with van der Waals surface area (Å²) >= 11 is 1.66. The van der Waals surface area contributed by atoms with E-state index in [1.807, 2.05) is 30.6 Å². The quantitative estimate of drug-likeness (QED) is 0.726. The van der Waals surface area contributed by atoms with E-state index in [0.717, 1.165) is 12.0 Å². The molecule has 0 unspecified atom stereocenters. The lowest BCUT2D eigenvalue weighted by Crippen LogP contribution is -2.30. The number of nitrogens with zero attached hydrogens (tertiary/aromatic N) is 3. The van der Waals surface area contributed by atoms with Gasteiger partial charge in [-0.1, -0.05) is 6.07 Å². The molecule has 3 rings (SSSR count). The molecule has 0 spiro atoms. The van der Waals surface area contributed by atoms with Crippen LogP contribution in [0.3, 0.4) is 0 Å². The number of amides is 1. The van der Waals surface area contributed by atoms with E-state index in [9.17, 15) is 4.79 Å². The highest BCUT2D eigenvalue weighted by Crippen LogP contribution is 2.19. The molecule has 6 heteroatoms. The molecule has 0 fully saturated rings. The maximum absolute atomic E-state index is 12.3. The number of aromatic nitrogens is 3. The van der Waals surface area contributed by atoms with Crippen molar-refractivity contribution in [3.63, 3.8) is 0 Å². The van der Waals surface area contributed by atoms with Crippen LogP contribution in [0.4, 0.5) is 0 Å². The van der Waals surface area contributed by atoms with Gasteiger partial charge in [-0.15, -0.1) is 0 Å². The van der Waals surface area contributed by atoms with Gasteiger partial charge in [0.05, 0.1) is 6.04 Å². The van der Waals surface area contributed by atoms with Crippen LogP contribution in [-0.2, 0) is 17.8 Å². The van der Waals surface area contributed by atoms with Gasteiger partial charge in [-0.25, -0.2) is 0 Å². The molecule has 1 amide bonds. The van der Waals surface area contributed by atoms with Crippen LogP contribution in [-0.4, -0.2) is 20.7 Å². The van der Waals surface area contributed by atoms with Gasteiger partial charge >= 0.3 is 0 Å². The van der Waals surface area contributed by atoms with Crippen LogP contribution < -0.4 is 5.32 Å². The van der Waals surface area contributed by atoms with Gasteiger partial charge in [0.1, 0.15) is 0 Å². The van der Waals surface area contributed by atoms with Crippen molar-refractivity contribution in [1.29, 1.82) is 0 Å². The maximum Gasteiger partial charge on any atom is 0.222 e. The number of rotatable bonds is 7. The Hall–Kier alpha value is -2.47. The monoisotopic (exact) mass is 326 g/mol. The van der Waals surface area contributed by atoms with Crippen molar-refractivity contribution in [2.45, 2.75) is 25.4 Å². The van der Waals surface area contributed by atoms with Crippen molar-refractivity contribution in [2.24, 2.45) is 0 Å². The Balaban J connectivity index is 1.64. The van der Waals surface area contributed by atoms with E-state index >= 15 is 0 Å². The standard InChI is InChI=1S/C17H18N4OS/c22-17(4-9-21-8-2-7-19-21)20-16(11-14-5-10-23-13-14)15-3-1-6-18-12-15/h1-3,5-8,10,12-13,16H,4,9,11H2,(H,20,22)/t16-/m1/s1. The summed E-state index contributed by atoms with van der Waals surface area (Å²) in [5.41, 5.74) is 2.24. The number of pyridine rings is 1. The molecule has 0 aliphatic heterocycles. The third kappa shape index (κ3) is 4.50. The number of hydrogen-bond acceptors (Lipinski definition) is 4. The summed E-state index contributed by atoms with van der Waals surface area (Å²) in [6, 6.07) is 7.77. The first-order valence-corrected chi connectivity index (χ1v) is 8.43. The fourth-order valence-electron chi connectivity index (χ4n) is 2.39. The summed E-state index contributed by atoms with van der Waals surface area (Å²) in [5.74, 6) is 0.0181. The zero-order valence-corrected chi connectivity index (χ0v) is 13.4. The van der Waals surface area contributed by atoms with Crippen LogP contribution in [0.15, 0.2) is 59.8 Å². The fraction of sp³-hybridized carbons (Fsp3) is 0.235. The lowest BCUT2D eigenvalue weighted by Gasteiger charge is -2.18. The molecule has 1 atom stereocenters. The normalized spacial score (nSPS) is 12.0. The van der Waals surface area contributed by atoms with Crippen LogP contribution in [0.5, 0.6) is 0 Å². The molecule has 23 heavy (non-hydrogen) atoms. The molecule has 0 radical (unpaired) electrons. The summed E-state index contributed by atoms with van der Waals surface area (Å²) in [7, 11) is 0. The van der Waals surface area contributed by atoms with Crippen LogP contribution in [0.25, 0.3) is 0 Å². The lowest BCUT2D eigenvalue weighted by molar-refractivity contribution is -0.122. The zero-order chi connectivity index (χ0) is 15.9. The van der Waals surface area contributed by atoms with Crippen LogP contribution in [0, 0.1) is 0 Å². The third-order valence-electron chi connectivity index (χ3n) is 3.57. The lowest BCUT2D eigenvalue weighted by atomic mass is 10.0. The van der Waals surface area contributed by atoms with Gasteiger partial charge in [-0.05, 0) is 46.5 Å².